The predicted molar refractivity (Wildman–Crippen MR) is 144 cm³/mol. The lowest BCUT2D eigenvalue weighted by Gasteiger charge is -2.43. The molecule has 2 saturated heterocycles. The molecule has 38 heavy (non-hydrogen) atoms. The molecule has 1 saturated carbocycles. The van der Waals surface area contributed by atoms with Gasteiger partial charge in [0.2, 0.25) is 0 Å². The van der Waals surface area contributed by atoms with E-state index < -0.39 is 11.5 Å². The molecule has 2 aliphatic heterocycles. The van der Waals surface area contributed by atoms with E-state index in [-0.39, 0.29) is 24.1 Å². The zero-order chi connectivity index (χ0) is 26.7. The first kappa shape index (κ1) is 26.1. The second-order valence-corrected chi connectivity index (χ2v) is 11.0. The number of benzene rings is 2. The van der Waals surface area contributed by atoms with Crippen molar-refractivity contribution in [3.63, 3.8) is 0 Å². The minimum absolute atomic E-state index is 0.0212. The van der Waals surface area contributed by atoms with E-state index in [9.17, 15) is 19.5 Å². The number of nitrogens with zero attached hydrogens (tertiary/aromatic N) is 3. The number of amides is 3. The second-order valence-electron chi connectivity index (χ2n) is 11.0. The Kier molecular flexibility index (Phi) is 7.58. The van der Waals surface area contributed by atoms with Gasteiger partial charge in [0, 0.05) is 31.9 Å². The van der Waals surface area contributed by atoms with Crippen molar-refractivity contribution in [2.45, 2.75) is 63.3 Å². The van der Waals surface area contributed by atoms with E-state index in [2.05, 4.69) is 4.90 Å². The fraction of sp³-hybridized carbons (Fsp3) is 0.500. The van der Waals surface area contributed by atoms with Gasteiger partial charge in [-0.25, -0.2) is 4.79 Å². The topological polar surface area (TPSA) is 101 Å². The molecule has 0 aromatic heterocycles. The molecular formula is C30H37N3O5. The highest BCUT2D eigenvalue weighted by Gasteiger charge is 2.58. The summed E-state index contributed by atoms with van der Waals surface area (Å²) in [4.78, 5) is 44.2. The number of aryl methyl sites for hydroxylation is 1. The Hall–Kier alpha value is -3.55. The third-order valence-corrected chi connectivity index (χ3v) is 8.54. The van der Waals surface area contributed by atoms with Gasteiger partial charge < -0.3 is 20.0 Å². The summed E-state index contributed by atoms with van der Waals surface area (Å²) in [6.45, 7) is 2.36. The van der Waals surface area contributed by atoms with Crippen LogP contribution in [-0.4, -0.2) is 69.6 Å². The summed E-state index contributed by atoms with van der Waals surface area (Å²) >= 11 is 0. The van der Waals surface area contributed by atoms with E-state index in [4.69, 9.17) is 5.11 Å². The standard InChI is InChI=1S/C30H37N3O5/c34-26-12-10-22(11-13-26)5-1-2-16-33-29(38)32(21-23-6-3-7-23)28(37)30(33)14-17-31(18-15-30)25-9-4-8-24(19-25)20-27(35)36/h4,8-13,19,23,34H,1-3,5-7,14-18,20-21H2,(H,35,36). The van der Waals surface area contributed by atoms with Crippen LogP contribution in [0, 0.1) is 5.92 Å². The van der Waals surface area contributed by atoms with Gasteiger partial charge in [-0.2, -0.15) is 0 Å². The van der Waals surface area contributed by atoms with Crippen LogP contribution < -0.4 is 4.90 Å². The third kappa shape index (κ3) is 5.35. The lowest BCUT2D eigenvalue weighted by molar-refractivity contribution is -0.136. The number of piperidine rings is 1. The Bertz CT molecular complexity index is 1170. The molecule has 2 aromatic rings. The van der Waals surface area contributed by atoms with Gasteiger partial charge in [0.25, 0.3) is 5.91 Å². The number of unbranched alkanes of at least 4 members (excludes halogenated alkanes) is 1. The molecule has 0 bridgehead atoms. The summed E-state index contributed by atoms with van der Waals surface area (Å²) < 4.78 is 0. The number of phenolic OH excluding ortho intramolecular Hbond substituents is 1. The van der Waals surface area contributed by atoms with E-state index in [0.29, 0.717) is 44.9 Å². The van der Waals surface area contributed by atoms with Gasteiger partial charge in [0.05, 0.1) is 6.42 Å². The van der Waals surface area contributed by atoms with Crippen molar-refractivity contribution in [1.29, 1.82) is 0 Å². The molecule has 5 rings (SSSR count). The summed E-state index contributed by atoms with van der Waals surface area (Å²) in [5.74, 6) is -0.218. The molecule has 1 aliphatic carbocycles. The number of carboxylic acids is 1. The highest BCUT2D eigenvalue weighted by atomic mass is 16.4. The fourth-order valence-corrected chi connectivity index (χ4v) is 6.10. The molecule has 3 aliphatic rings. The summed E-state index contributed by atoms with van der Waals surface area (Å²) in [7, 11) is 0. The summed E-state index contributed by atoms with van der Waals surface area (Å²) in [5, 5.41) is 18.7. The Morgan fingerprint density at radius 2 is 1.71 bits per heavy atom. The number of anilines is 1. The summed E-state index contributed by atoms with van der Waals surface area (Å²) in [6, 6.07) is 14.7. The molecule has 2 N–H and O–H groups in total. The minimum Gasteiger partial charge on any atom is -0.508 e. The molecule has 0 atom stereocenters. The van der Waals surface area contributed by atoms with E-state index >= 15 is 0 Å². The number of phenols is 1. The number of hydrogen-bond donors (Lipinski definition) is 2. The maximum atomic E-state index is 13.8. The number of aliphatic carboxylic acids is 1. The molecule has 3 amide bonds. The van der Waals surface area contributed by atoms with Crippen LogP contribution in [0.1, 0.15) is 56.1 Å². The van der Waals surface area contributed by atoms with Crippen LogP contribution in [-0.2, 0) is 22.4 Å². The van der Waals surface area contributed by atoms with Crippen molar-refractivity contribution in [2.75, 3.05) is 31.1 Å². The molecule has 0 radical (unpaired) electrons. The number of carboxylic acid groups (broad SMARTS) is 1. The van der Waals surface area contributed by atoms with Crippen molar-refractivity contribution in [1.82, 2.24) is 9.80 Å². The number of imide groups is 1. The second kappa shape index (κ2) is 11.1. The normalized spacial score (nSPS) is 19.3. The number of aromatic hydroxyl groups is 1. The first-order chi connectivity index (χ1) is 18.4. The van der Waals surface area contributed by atoms with Crippen molar-refractivity contribution in [3.05, 3.63) is 59.7 Å². The molecule has 8 heteroatoms. The van der Waals surface area contributed by atoms with Gasteiger partial charge in [-0.15, -0.1) is 0 Å². The molecule has 202 valence electrons. The molecule has 0 unspecified atom stereocenters. The van der Waals surface area contributed by atoms with E-state index in [1.165, 1.54) is 11.3 Å². The SMILES string of the molecule is O=C(O)Cc1cccc(N2CCC3(CC2)C(=O)N(CC2CCC2)C(=O)N3CCCCc2ccc(O)cc2)c1. The van der Waals surface area contributed by atoms with Crippen LogP contribution >= 0.6 is 0 Å². The smallest absolute Gasteiger partial charge is 0.327 e. The fourth-order valence-electron chi connectivity index (χ4n) is 6.10. The predicted octanol–water partition coefficient (Wildman–Crippen LogP) is 4.45. The number of urea groups is 1. The lowest BCUT2D eigenvalue weighted by atomic mass is 9.83. The number of carbonyl (C=O) groups is 3. The van der Waals surface area contributed by atoms with Crippen LogP contribution in [0.3, 0.4) is 0 Å². The quantitative estimate of drug-likeness (QED) is 0.355. The zero-order valence-corrected chi connectivity index (χ0v) is 21.8. The van der Waals surface area contributed by atoms with E-state index in [1.807, 2.05) is 41.3 Å². The first-order valence-electron chi connectivity index (χ1n) is 13.8. The van der Waals surface area contributed by atoms with Gasteiger partial charge in [0.15, 0.2) is 0 Å². The van der Waals surface area contributed by atoms with Gasteiger partial charge in [-0.3, -0.25) is 14.5 Å². The van der Waals surface area contributed by atoms with Gasteiger partial charge in [-0.1, -0.05) is 30.7 Å². The molecule has 2 heterocycles. The van der Waals surface area contributed by atoms with Gasteiger partial charge in [0.1, 0.15) is 11.3 Å². The van der Waals surface area contributed by atoms with E-state index in [1.54, 1.807) is 12.1 Å². The highest BCUT2D eigenvalue weighted by Crippen LogP contribution is 2.40. The van der Waals surface area contributed by atoms with Crippen molar-refractivity contribution < 1.29 is 24.6 Å². The Balaban J connectivity index is 1.27. The number of hydrogen-bond acceptors (Lipinski definition) is 5. The molecule has 8 nitrogen and oxygen atoms in total. The van der Waals surface area contributed by atoms with Crippen molar-refractivity contribution in [3.8, 4) is 5.75 Å². The third-order valence-electron chi connectivity index (χ3n) is 8.54. The maximum Gasteiger partial charge on any atom is 0.327 e. The Morgan fingerprint density at radius 1 is 0.974 bits per heavy atom. The monoisotopic (exact) mass is 519 g/mol. The average Bonchev–Trinajstić information content (AvgIpc) is 3.06. The summed E-state index contributed by atoms with van der Waals surface area (Å²) in [5.41, 5.74) is 2.06. The Morgan fingerprint density at radius 3 is 2.37 bits per heavy atom. The molecule has 3 fully saturated rings. The Labute approximate surface area is 223 Å². The van der Waals surface area contributed by atoms with Crippen LogP contribution in [0.4, 0.5) is 10.5 Å². The zero-order valence-electron chi connectivity index (χ0n) is 21.8. The largest absolute Gasteiger partial charge is 0.508 e. The van der Waals surface area contributed by atoms with Gasteiger partial charge in [-0.05, 0) is 86.3 Å². The average molecular weight is 520 g/mol. The minimum atomic E-state index is -0.859. The first-order valence-corrected chi connectivity index (χ1v) is 13.8. The van der Waals surface area contributed by atoms with Crippen molar-refractivity contribution in [2.24, 2.45) is 5.92 Å². The van der Waals surface area contributed by atoms with Crippen LogP contribution in [0.15, 0.2) is 48.5 Å². The van der Waals surface area contributed by atoms with Gasteiger partial charge >= 0.3 is 12.0 Å². The maximum absolute atomic E-state index is 13.8. The molecule has 2 aromatic carbocycles. The highest BCUT2D eigenvalue weighted by molar-refractivity contribution is 6.07. The lowest BCUT2D eigenvalue weighted by Crippen LogP contribution is -2.57. The van der Waals surface area contributed by atoms with Crippen LogP contribution in [0.2, 0.25) is 0 Å². The molecular weight excluding hydrogens is 482 g/mol. The number of rotatable bonds is 10. The van der Waals surface area contributed by atoms with Crippen LogP contribution in [0.5, 0.6) is 5.75 Å². The summed E-state index contributed by atoms with van der Waals surface area (Å²) in [6.07, 6.45) is 7.00. The van der Waals surface area contributed by atoms with Crippen molar-refractivity contribution >= 4 is 23.6 Å². The van der Waals surface area contributed by atoms with E-state index in [0.717, 1.165) is 48.9 Å². The van der Waals surface area contributed by atoms with Crippen LogP contribution in [0.25, 0.3) is 0 Å². The number of carbonyl (C=O) groups excluding carboxylic acids is 2. The molecule has 1 spiro atoms.